The highest BCUT2D eigenvalue weighted by Gasteiger charge is 2.33. The number of amides is 1. The van der Waals surface area contributed by atoms with Gasteiger partial charge in [0.05, 0.1) is 23.7 Å². The standard InChI is InChI=1S/C16H17FN2OS/c1-11-18-13(10-21-11)9-19(14-6-7-14)16(20)8-12-4-2-3-5-15(12)17/h2-5,10,14H,6-9H2,1H3. The fraction of sp³-hybridized carbons (Fsp3) is 0.375. The van der Waals surface area contributed by atoms with Crippen LogP contribution in [0.2, 0.25) is 0 Å². The summed E-state index contributed by atoms with van der Waals surface area (Å²) in [6, 6.07) is 6.77. The summed E-state index contributed by atoms with van der Waals surface area (Å²) < 4.78 is 13.7. The molecule has 1 saturated carbocycles. The molecule has 0 bridgehead atoms. The third-order valence-electron chi connectivity index (χ3n) is 3.61. The molecule has 0 saturated heterocycles. The second-order valence-electron chi connectivity index (χ2n) is 5.38. The maximum atomic E-state index is 13.7. The first-order valence-electron chi connectivity index (χ1n) is 7.07. The molecule has 1 heterocycles. The summed E-state index contributed by atoms with van der Waals surface area (Å²) in [5.41, 5.74) is 1.38. The van der Waals surface area contributed by atoms with Gasteiger partial charge in [-0.2, -0.15) is 0 Å². The Balaban J connectivity index is 1.72. The molecular formula is C16H17FN2OS. The topological polar surface area (TPSA) is 33.2 Å². The molecule has 1 aromatic carbocycles. The lowest BCUT2D eigenvalue weighted by Gasteiger charge is -2.21. The van der Waals surface area contributed by atoms with E-state index >= 15 is 0 Å². The van der Waals surface area contributed by atoms with Crippen LogP contribution in [0.5, 0.6) is 0 Å². The summed E-state index contributed by atoms with van der Waals surface area (Å²) >= 11 is 1.59. The van der Waals surface area contributed by atoms with E-state index in [2.05, 4.69) is 4.98 Å². The zero-order valence-electron chi connectivity index (χ0n) is 11.9. The number of halogens is 1. The van der Waals surface area contributed by atoms with E-state index in [0.29, 0.717) is 18.2 Å². The van der Waals surface area contributed by atoms with Crippen LogP contribution in [0.3, 0.4) is 0 Å². The van der Waals surface area contributed by atoms with Crippen LogP contribution in [0.4, 0.5) is 4.39 Å². The normalized spacial score (nSPS) is 14.2. The summed E-state index contributed by atoms with van der Waals surface area (Å²) in [5, 5.41) is 2.99. The molecule has 3 nitrogen and oxygen atoms in total. The molecule has 0 spiro atoms. The Kier molecular flexibility index (Phi) is 4.01. The van der Waals surface area contributed by atoms with Crippen molar-refractivity contribution in [2.24, 2.45) is 0 Å². The first kappa shape index (κ1) is 14.2. The molecule has 1 aliphatic rings. The average molecular weight is 304 g/mol. The van der Waals surface area contributed by atoms with Gasteiger partial charge in [0.15, 0.2) is 0 Å². The number of hydrogen-bond acceptors (Lipinski definition) is 3. The van der Waals surface area contributed by atoms with Crippen LogP contribution < -0.4 is 0 Å². The minimum Gasteiger partial charge on any atom is -0.333 e. The van der Waals surface area contributed by atoms with E-state index in [1.165, 1.54) is 6.07 Å². The van der Waals surface area contributed by atoms with Gasteiger partial charge in [-0.25, -0.2) is 9.37 Å². The number of thiazole rings is 1. The molecule has 110 valence electrons. The van der Waals surface area contributed by atoms with Gasteiger partial charge in [-0.05, 0) is 31.4 Å². The average Bonchev–Trinajstić information content (AvgIpc) is 3.21. The maximum Gasteiger partial charge on any atom is 0.227 e. The van der Waals surface area contributed by atoms with Gasteiger partial charge in [0.2, 0.25) is 5.91 Å². The highest BCUT2D eigenvalue weighted by atomic mass is 32.1. The van der Waals surface area contributed by atoms with Crippen LogP contribution >= 0.6 is 11.3 Å². The summed E-state index contributed by atoms with van der Waals surface area (Å²) in [6.45, 7) is 2.49. The quantitative estimate of drug-likeness (QED) is 0.849. The minimum absolute atomic E-state index is 0.0201. The van der Waals surface area contributed by atoms with Crippen LogP contribution in [-0.4, -0.2) is 21.8 Å². The zero-order chi connectivity index (χ0) is 14.8. The molecule has 1 aromatic heterocycles. The Morgan fingerprint density at radius 1 is 1.43 bits per heavy atom. The number of nitrogens with zero attached hydrogens (tertiary/aromatic N) is 2. The summed E-state index contributed by atoms with van der Waals surface area (Å²) in [4.78, 5) is 18.8. The molecule has 21 heavy (non-hydrogen) atoms. The number of carbonyl (C=O) groups excluding carboxylic acids is 1. The molecule has 0 unspecified atom stereocenters. The SMILES string of the molecule is Cc1nc(CN(C(=O)Cc2ccccc2F)C2CC2)cs1. The number of hydrogen-bond donors (Lipinski definition) is 0. The van der Waals surface area contributed by atoms with Gasteiger partial charge in [-0.1, -0.05) is 18.2 Å². The molecule has 3 rings (SSSR count). The molecule has 1 aliphatic carbocycles. The summed E-state index contributed by atoms with van der Waals surface area (Å²) in [5.74, 6) is -0.334. The molecule has 1 fully saturated rings. The molecule has 0 radical (unpaired) electrons. The van der Waals surface area contributed by atoms with Crippen molar-refractivity contribution in [3.8, 4) is 0 Å². The lowest BCUT2D eigenvalue weighted by atomic mass is 10.1. The van der Waals surface area contributed by atoms with Crippen molar-refractivity contribution in [2.75, 3.05) is 0 Å². The Hall–Kier alpha value is -1.75. The third-order valence-corrected chi connectivity index (χ3v) is 4.43. The molecular weight excluding hydrogens is 287 g/mol. The number of rotatable bonds is 5. The van der Waals surface area contributed by atoms with Crippen molar-refractivity contribution < 1.29 is 9.18 Å². The lowest BCUT2D eigenvalue weighted by Crippen LogP contribution is -2.34. The van der Waals surface area contributed by atoms with Crippen LogP contribution in [0.25, 0.3) is 0 Å². The van der Waals surface area contributed by atoms with Gasteiger partial charge < -0.3 is 4.90 Å². The van der Waals surface area contributed by atoms with Gasteiger partial charge in [0, 0.05) is 11.4 Å². The molecule has 0 N–H and O–H groups in total. The van der Waals surface area contributed by atoms with Crippen LogP contribution in [-0.2, 0) is 17.8 Å². The minimum atomic E-state index is -0.314. The molecule has 5 heteroatoms. The Labute approximate surface area is 127 Å². The van der Waals surface area contributed by atoms with E-state index in [0.717, 1.165) is 23.5 Å². The van der Waals surface area contributed by atoms with E-state index in [1.54, 1.807) is 29.5 Å². The second-order valence-corrected chi connectivity index (χ2v) is 6.44. The Morgan fingerprint density at radius 2 is 2.19 bits per heavy atom. The number of carbonyl (C=O) groups is 1. The van der Waals surface area contributed by atoms with Gasteiger partial charge >= 0.3 is 0 Å². The third kappa shape index (κ3) is 3.47. The van der Waals surface area contributed by atoms with Crippen molar-refractivity contribution in [3.05, 3.63) is 51.7 Å². The monoisotopic (exact) mass is 304 g/mol. The number of aromatic nitrogens is 1. The van der Waals surface area contributed by atoms with E-state index in [9.17, 15) is 9.18 Å². The fourth-order valence-electron chi connectivity index (χ4n) is 2.37. The van der Waals surface area contributed by atoms with Gasteiger partial charge in [0.1, 0.15) is 5.82 Å². The first-order chi connectivity index (χ1) is 10.1. The van der Waals surface area contributed by atoms with Crippen LogP contribution in [0, 0.1) is 12.7 Å². The van der Waals surface area contributed by atoms with Gasteiger partial charge in [-0.3, -0.25) is 4.79 Å². The molecule has 0 aliphatic heterocycles. The molecule has 2 aromatic rings. The zero-order valence-corrected chi connectivity index (χ0v) is 12.7. The lowest BCUT2D eigenvalue weighted by molar-refractivity contribution is -0.131. The van der Waals surface area contributed by atoms with E-state index < -0.39 is 0 Å². The molecule has 0 atom stereocenters. The predicted octanol–water partition coefficient (Wildman–Crippen LogP) is 3.32. The van der Waals surface area contributed by atoms with Gasteiger partial charge in [0.25, 0.3) is 0 Å². The van der Waals surface area contributed by atoms with Crippen molar-refractivity contribution >= 4 is 17.2 Å². The van der Waals surface area contributed by atoms with Crippen molar-refractivity contribution in [3.63, 3.8) is 0 Å². The van der Waals surface area contributed by atoms with E-state index in [4.69, 9.17) is 0 Å². The van der Waals surface area contributed by atoms with Gasteiger partial charge in [-0.15, -0.1) is 11.3 Å². The second kappa shape index (κ2) is 5.93. The van der Waals surface area contributed by atoms with Crippen LogP contribution in [0.15, 0.2) is 29.6 Å². The smallest absolute Gasteiger partial charge is 0.227 e. The van der Waals surface area contributed by atoms with Crippen molar-refractivity contribution in [1.82, 2.24) is 9.88 Å². The Morgan fingerprint density at radius 3 is 2.81 bits per heavy atom. The highest BCUT2D eigenvalue weighted by molar-refractivity contribution is 7.09. The van der Waals surface area contributed by atoms with Crippen molar-refractivity contribution in [1.29, 1.82) is 0 Å². The maximum absolute atomic E-state index is 13.7. The van der Waals surface area contributed by atoms with E-state index in [1.807, 2.05) is 17.2 Å². The highest BCUT2D eigenvalue weighted by Crippen LogP contribution is 2.29. The van der Waals surface area contributed by atoms with E-state index in [-0.39, 0.29) is 18.1 Å². The fourth-order valence-corrected chi connectivity index (χ4v) is 2.97. The number of aryl methyl sites for hydroxylation is 1. The first-order valence-corrected chi connectivity index (χ1v) is 7.95. The summed E-state index contributed by atoms with van der Waals surface area (Å²) in [7, 11) is 0. The largest absolute Gasteiger partial charge is 0.333 e. The van der Waals surface area contributed by atoms with Crippen LogP contribution in [0.1, 0.15) is 29.1 Å². The predicted molar refractivity (Wildman–Crippen MR) is 80.5 cm³/mol. The molecule has 1 amide bonds. The Bertz CT molecular complexity index is 651. The van der Waals surface area contributed by atoms with Crippen molar-refractivity contribution in [2.45, 2.75) is 38.8 Å². The number of benzene rings is 1. The summed E-state index contributed by atoms with van der Waals surface area (Å²) in [6.07, 6.45) is 2.19.